The third kappa shape index (κ3) is 3.24. The van der Waals surface area contributed by atoms with Gasteiger partial charge in [-0.1, -0.05) is 0 Å². The van der Waals surface area contributed by atoms with Gasteiger partial charge in [0, 0.05) is 31.7 Å². The summed E-state index contributed by atoms with van der Waals surface area (Å²) < 4.78 is 15.4. The minimum absolute atomic E-state index is 0.102. The third-order valence-electron chi connectivity index (χ3n) is 3.89. The number of amides is 2. The van der Waals surface area contributed by atoms with Gasteiger partial charge in [0.25, 0.3) is 0 Å². The molecule has 22 heavy (non-hydrogen) atoms. The average molecular weight is 303 g/mol. The first kappa shape index (κ1) is 14.5. The van der Waals surface area contributed by atoms with Crippen LogP contribution in [0.5, 0.6) is 0 Å². The number of hydrogen-bond donors (Lipinski definition) is 1. The smallest absolute Gasteiger partial charge is 0.317 e. The average Bonchev–Trinajstić information content (AvgIpc) is 3.08. The largest absolute Gasteiger partial charge is 0.332 e. The summed E-state index contributed by atoms with van der Waals surface area (Å²) in [6, 6.07) is 4.93. The molecule has 2 aromatic rings. The molecule has 0 spiro atoms. The summed E-state index contributed by atoms with van der Waals surface area (Å²) in [4.78, 5) is 17.8. The van der Waals surface area contributed by atoms with Crippen LogP contribution in [0.25, 0.3) is 0 Å². The highest BCUT2D eigenvalue weighted by atomic mass is 19.1. The summed E-state index contributed by atoms with van der Waals surface area (Å²) in [5.74, 6) is -0.403. The monoisotopic (exact) mass is 303 g/mol. The predicted octanol–water partition coefficient (Wildman–Crippen LogP) is 1.96. The molecule has 0 aliphatic carbocycles. The molecule has 6 nitrogen and oxygen atoms in total. The van der Waals surface area contributed by atoms with E-state index in [4.69, 9.17) is 0 Å². The second-order valence-electron chi connectivity index (χ2n) is 5.29. The van der Waals surface area contributed by atoms with Crippen molar-refractivity contribution in [2.45, 2.75) is 25.4 Å². The fraction of sp³-hybridized carbons (Fsp3) is 0.400. The van der Waals surface area contributed by atoms with E-state index < -0.39 is 5.82 Å². The van der Waals surface area contributed by atoms with Crippen LogP contribution in [0.2, 0.25) is 0 Å². The first-order chi connectivity index (χ1) is 10.7. The zero-order chi connectivity index (χ0) is 15.4. The third-order valence-corrected chi connectivity index (χ3v) is 3.89. The molecule has 116 valence electrons. The molecule has 3 rings (SSSR count). The Morgan fingerprint density at radius 3 is 2.82 bits per heavy atom. The maximum Gasteiger partial charge on any atom is 0.317 e. The van der Waals surface area contributed by atoms with Crippen molar-refractivity contribution in [3.8, 4) is 0 Å². The van der Waals surface area contributed by atoms with E-state index in [-0.39, 0.29) is 18.3 Å². The number of carbonyl (C=O) groups excluding carboxylic acids is 1. The zero-order valence-corrected chi connectivity index (χ0v) is 12.2. The number of nitrogens with zero attached hydrogens (tertiary/aromatic N) is 4. The van der Waals surface area contributed by atoms with Crippen LogP contribution >= 0.6 is 0 Å². The Morgan fingerprint density at radius 1 is 1.32 bits per heavy atom. The van der Waals surface area contributed by atoms with Gasteiger partial charge in [0.05, 0.1) is 18.3 Å². The van der Waals surface area contributed by atoms with Crippen LogP contribution in [0.1, 0.15) is 24.6 Å². The van der Waals surface area contributed by atoms with Crippen molar-refractivity contribution in [3.63, 3.8) is 0 Å². The van der Waals surface area contributed by atoms with Crippen molar-refractivity contribution in [2.75, 3.05) is 13.1 Å². The van der Waals surface area contributed by atoms with Gasteiger partial charge in [-0.3, -0.25) is 9.67 Å². The number of halogens is 1. The highest BCUT2D eigenvalue weighted by molar-refractivity contribution is 5.74. The summed E-state index contributed by atoms with van der Waals surface area (Å²) in [5, 5.41) is 6.96. The normalized spacial score (nSPS) is 15.8. The van der Waals surface area contributed by atoms with E-state index in [1.54, 1.807) is 11.1 Å². The van der Waals surface area contributed by atoms with Gasteiger partial charge in [-0.05, 0) is 31.0 Å². The molecular formula is C15H18FN5O. The molecule has 0 unspecified atom stereocenters. The van der Waals surface area contributed by atoms with E-state index >= 15 is 0 Å². The van der Waals surface area contributed by atoms with E-state index in [1.807, 2.05) is 16.9 Å². The van der Waals surface area contributed by atoms with Gasteiger partial charge in [0.1, 0.15) is 5.82 Å². The number of rotatable bonds is 3. The highest BCUT2D eigenvalue weighted by Crippen LogP contribution is 2.21. The van der Waals surface area contributed by atoms with Gasteiger partial charge in [0.2, 0.25) is 0 Å². The molecular weight excluding hydrogens is 285 g/mol. The summed E-state index contributed by atoms with van der Waals surface area (Å²) >= 11 is 0. The minimum atomic E-state index is -0.403. The fourth-order valence-corrected chi connectivity index (χ4v) is 2.65. The lowest BCUT2D eigenvalue weighted by Crippen LogP contribution is -2.44. The van der Waals surface area contributed by atoms with Gasteiger partial charge in [0.15, 0.2) is 0 Å². The maximum atomic E-state index is 13.5. The van der Waals surface area contributed by atoms with Crippen LogP contribution < -0.4 is 5.32 Å². The second kappa shape index (κ2) is 6.55. The molecule has 2 amide bonds. The molecule has 1 saturated heterocycles. The van der Waals surface area contributed by atoms with Gasteiger partial charge in [-0.15, -0.1) is 0 Å². The number of urea groups is 1. The van der Waals surface area contributed by atoms with Crippen LogP contribution in [0, 0.1) is 5.82 Å². The number of aromatic nitrogens is 3. The summed E-state index contributed by atoms with van der Waals surface area (Å²) in [7, 11) is 0. The van der Waals surface area contributed by atoms with E-state index in [1.165, 1.54) is 18.3 Å². The van der Waals surface area contributed by atoms with E-state index in [2.05, 4.69) is 15.4 Å². The molecule has 3 heterocycles. The number of likely N-dealkylation sites (tertiary alicyclic amines) is 1. The predicted molar refractivity (Wildman–Crippen MR) is 78.5 cm³/mol. The molecule has 7 heteroatoms. The minimum Gasteiger partial charge on any atom is -0.332 e. The highest BCUT2D eigenvalue weighted by Gasteiger charge is 2.23. The Bertz CT molecular complexity index is 623. The van der Waals surface area contributed by atoms with Crippen molar-refractivity contribution in [1.29, 1.82) is 0 Å². The Balaban J connectivity index is 1.49. The molecule has 0 saturated carbocycles. The van der Waals surface area contributed by atoms with Crippen LogP contribution in [-0.4, -0.2) is 38.8 Å². The summed E-state index contributed by atoms with van der Waals surface area (Å²) in [6.07, 6.45) is 6.96. The molecule has 1 aliphatic rings. The van der Waals surface area contributed by atoms with Crippen molar-refractivity contribution in [3.05, 3.63) is 48.3 Å². The molecule has 1 aliphatic heterocycles. The Labute approximate surface area is 128 Å². The topological polar surface area (TPSA) is 63.1 Å². The maximum absolute atomic E-state index is 13.5. The second-order valence-corrected chi connectivity index (χ2v) is 5.29. The molecule has 1 N–H and O–H groups in total. The first-order valence-corrected chi connectivity index (χ1v) is 7.35. The zero-order valence-electron chi connectivity index (χ0n) is 12.2. The van der Waals surface area contributed by atoms with E-state index in [9.17, 15) is 9.18 Å². The summed E-state index contributed by atoms with van der Waals surface area (Å²) in [6.45, 7) is 1.44. The number of pyridine rings is 1. The lowest BCUT2D eigenvalue weighted by atomic mass is 10.1. The van der Waals surface area contributed by atoms with Crippen LogP contribution in [0.3, 0.4) is 0 Å². The van der Waals surface area contributed by atoms with Gasteiger partial charge in [-0.2, -0.15) is 5.10 Å². The molecule has 0 bridgehead atoms. The Kier molecular flexibility index (Phi) is 4.32. The van der Waals surface area contributed by atoms with Gasteiger partial charge in [-0.25, -0.2) is 9.18 Å². The summed E-state index contributed by atoms with van der Waals surface area (Å²) in [5.41, 5.74) is 0.252. The van der Waals surface area contributed by atoms with Gasteiger partial charge >= 0.3 is 6.03 Å². The van der Waals surface area contributed by atoms with E-state index in [0.717, 1.165) is 12.8 Å². The van der Waals surface area contributed by atoms with Crippen molar-refractivity contribution in [2.24, 2.45) is 0 Å². The van der Waals surface area contributed by atoms with Crippen molar-refractivity contribution < 1.29 is 9.18 Å². The number of carbonyl (C=O) groups is 1. The molecule has 0 atom stereocenters. The van der Waals surface area contributed by atoms with Crippen molar-refractivity contribution in [1.82, 2.24) is 25.0 Å². The lowest BCUT2D eigenvalue weighted by Gasteiger charge is -2.32. The van der Waals surface area contributed by atoms with Crippen molar-refractivity contribution >= 4 is 6.03 Å². The molecule has 1 fully saturated rings. The lowest BCUT2D eigenvalue weighted by molar-refractivity contribution is 0.168. The van der Waals surface area contributed by atoms with Gasteiger partial charge < -0.3 is 10.2 Å². The van der Waals surface area contributed by atoms with Crippen LogP contribution in [0.15, 0.2) is 36.8 Å². The molecule has 0 aromatic carbocycles. The first-order valence-electron chi connectivity index (χ1n) is 7.35. The number of piperidine rings is 1. The standard InChI is InChI=1S/C15H18FN5O/c16-13-3-1-6-17-14(13)11-18-15(22)20-9-4-12(5-10-20)21-8-2-7-19-21/h1-3,6-8,12H,4-5,9-11H2,(H,18,22). The fourth-order valence-electron chi connectivity index (χ4n) is 2.65. The van der Waals surface area contributed by atoms with Crippen LogP contribution in [0.4, 0.5) is 9.18 Å². The Morgan fingerprint density at radius 2 is 2.14 bits per heavy atom. The number of hydrogen-bond acceptors (Lipinski definition) is 3. The Hall–Kier alpha value is -2.44. The van der Waals surface area contributed by atoms with Crippen LogP contribution in [-0.2, 0) is 6.54 Å². The molecule has 0 radical (unpaired) electrons. The molecule has 2 aromatic heterocycles. The number of nitrogens with one attached hydrogen (secondary N) is 1. The SMILES string of the molecule is O=C(NCc1ncccc1F)N1CCC(n2cccn2)CC1. The van der Waals surface area contributed by atoms with E-state index in [0.29, 0.717) is 19.1 Å². The quantitative estimate of drug-likeness (QED) is 0.943.